The summed E-state index contributed by atoms with van der Waals surface area (Å²) < 4.78 is 18.3. The number of aliphatic hydroxyl groups excluding tert-OH is 1. The number of furan rings is 1. The number of amides is 1. The molecule has 1 fully saturated rings. The van der Waals surface area contributed by atoms with Crippen LogP contribution in [0.15, 0.2) is 77.0 Å². The number of carbonyl (C=O) groups is 2. The molecule has 0 radical (unpaired) electrons. The normalized spacial score (nSPS) is 17.3. The van der Waals surface area contributed by atoms with Crippen molar-refractivity contribution in [3.8, 4) is 11.5 Å². The number of likely N-dealkylation sites (tertiary alicyclic amines) is 1. The van der Waals surface area contributed by atoms with Gasteiger partial charge in [0.25, 0.3) is 11.7 Å². The number of methoxy groups -OCH3 is 2. The molecule has 1 saturated heterocycles. The first-order valence-corrected chi connectivity index (χ1v) is 11.0. The van der Waals surface area contributed by atoms with E-state index in [1.165, 1.54) is 25.4 Å². The monoisotopic (exact) mass is 472 g/mol. The van der Waals surface area contributed by atoms with Crippen molar-refractivity contribution in [2.24, 2.45) is 7.05 Å². The highest BCUT2D eigenvalue weighted by molar-refractivity contribution is 6.46. The Kier molecular flexibility index (Phi) is 5.56. The lowest BCUT2D eigenvalue weighted by Crippen LogP contribution is -2.29. The molecule has 178 valence electrons. The molecule has 8 heteroatoms. The Hall–Kier alpha value is -4.46. The van der Waals surface area contributed by atoms with Crippen molar-refractivity contribution in [1.82, 2.24) is 9.47 Å². The minimum absolute atomic E-state index is 0.0410. The van der Waals surface area contributed by atoms with E-state index in [0.29, 0.717) is 22.8 Å². The van der Waals surface area contributed by atoms with Crippen molar-refractivity contribution in [3.63, 3.8) is 0 Å². The second kappa shape index (κ2) is 8.72. The van der Waals surface area contributed by atoms with E-state index in [2.05, 4.69) is 0 Å². The predicted octanol–water partition coefficient (Wildman–Crippen LogP) is 4.41. The number of fused-ring (bicyclic) bond motifs is 1. The molecule has 1 aliphatic rings. The second-order valence-electron chi connectivity index (χ2n) is 8.26. The van der Waals surface area contributed by atoms with Crippen molar-refractivity contribution in [2.75, 3.05) is 14.2 Å². The third-order valence-electron chi connectivity index (χ3n) is 6.33. The summed E-state index contributed by atoms with van der Waals surface area (Å²) in [6.45, 7) is 0.0608. The molecule has 4 aromatic rings. The summed E-state index contributed by atoms with van der Waals surface area (Å²) in [4.78, 5) is 28.2. The predicted molar refractivity (Wildman–Crippen MR) is 129 cm³/mol. The second-order valence-corrected chi connectivity index (χ2v) is 8.26. The van der Waals surface area contributed by atoms with E-state index in [0.717, 1.165) is 10.9 Å². The SMILES string of the molecule is COc1cccc(OC)c1/C(O)=C1\C(=O)C(=O)N(Cc2ccco2)C1c1cn(C)c2ccccc12. The molecule has 1 atom stereocenters. The zero-order valence-corrected chi connectivity index (χ0v) is 19.5. The molecular formula is C27H24N2O6. The van der Waals surface area contributed by atoms with Gasteiger partial charge in [-0.25, -0.2) is 0 Å². The van der Waals surface area contributed by atoms with E-state index >= 15 is 0 Å². The molecule has 1 N–H and O–H groups in total. The average Bonchev–Trinajstić information content (AvgIpc) is 3.57. The van der Waals surface area contributed by atoms with Crippen molar-refractivity contribution in [1.29, 1.82) is 0 Å². The first-order valence-electron chi connectivity index (χ1n) is 11.0. The van der Waals surface area contributed by atoms with Gasteiger partial charge in [0.05, 0.1) is 38.6 Å². The maximum atomic E-state index is 13.5. The molecule has 2 aromatic carbocycles. The number of aliphatic hydroxyl groups is 1. The molecular weight excluding hydrogens is 448 g/mol. The topological polar surface area (TPSA) is 94.1 Å². The van der Waals surface area contributed by atoms with E-state index in [1.807, 2.05) is 42.1 Å². The molecule has 5 rings (SSSR count). The molecule has 2 aromatic heterocycles. The summed E-state index contributed by atoms with van der Waals surface area (Å²) in [5.41, 5.74) is 1.81. The van der Waals surface area contributed by atoms with E-state index in [4.69, 9.17) is 13.9 Å². The maximum absolute atomic E-state index is 13.5. The Morgan fingerprint density at radius 1 is 1.00 bits per heavy atom. The average molecular weight is 472 g/mol. The Balaban J connectivity index is 1.79. The van der Waals surface area contributed by atoms with Gasteiger partial charge in [-0.3, -0.25) is 9.59 Å². The van der Waals surface area contributed by atoms with Gasteiger partial charge >= 0.3 is 0 Å². The highest BCUT2D eigenvalue weighted by Gasteiger charge is 2.47. The summed E-state index contributed by atoms with van der Waals surface area (Å²) in [5, 5.41) is 12.4. The van der Waals surface area contributed by atoms with Gasteiger partial charge in [-0.1, -0.05) is 24.3 Å². The van der Waals surface area contributed by atoms with Crippen LogP contribution in [0.3, 0.4) is 0 Å². The molecule has 3 heterocycles. The van der Waals surface area contributed by atoms with Crippen LogP contribution in [-0.4, -0.2) is 40.5 Å². The van der Waals surface area contributed by atoms with Gasteiger partial charge in [0.1, 0.15) is 28.6 Å². The van der Waals surface area contributed by atoms with Crippen LogP contribution in [0.5, 0.6) is 11.5 Å². The quantitative estimate of drug-likeness (QED) is 0.254. The summed E-state index contributed by atoms with van der Waals surface area (Å²) >= 11 is 0. The number of ether oxygens (including phenoxy) is 2. The first kappa shape index (κ1) is 22.3. The van der Waals surface area contributed by atoms with Crippen LogP contribution < -0.4 is 9.47 Å². The smallest absolute Gasteiger partial charge is 0.296 e. The van der Waals surface area contributed by atoms with Crippen LogP contribution in [-0.2, 0) is 23.2 Å². The molecule has 0 saturated carbocycles. The molecule has 35 heavy (non-hydrogen) atoms. The van der Waals surface area contributed by atoms with Crippen molar-refractivity contribution in [2.45, 2.75) is 12.6 Å². The fourth-order valence-electron chi connectivity index (χ4n) is 4.75. The van der Waals surface area contributed by atoms with Crippen molar-refractivity contribution in [3.05, 3.63) is 89.5 Å². The minimum atomic E-state index is -0.860. The van der Waals surface area contributed by atoms with Gasteiger partial charge in [-0.15, -0.1) is 0 Å². The lowest BCUT2D eigenvalue weighted by molar-refractivity contribution is -0.140. The molecule has 0 aliphatic carbocycles. The maximum Gasteiger partial charge on any atom is 0.296 e. The highest BCUT2D eigenvalue weighted by atomic mass is 16.5. The summed E-state index contributed by atoms with van der Waals surface area (Å²) in [7, 11) is 4.82. The molecule has 8 nitrogen and oxygen atoms in total. The van der Waals surface area contributed by atoms with Crippen molar-refractivity contribution < 1.29 is 28.6 Å². The molecule has 0 bridgehead atoms. The fraction of sp³-hybridized carbons (Fsp3) is 0.185. The van der Waals surface area contributed by atoms with Gasteiger partial charge in [0.15, 0.2) is 0 Å². The Labute approximate surface area is 201 Å². The third-order valence-corrected chi connectivity index (χ3v) is 6.33. The lowest BCUT2D eigenvalue weighted by atomic mass is 9.94. The first-order chi connectivity index (χ1) is 17.0. The van der Waals surface area contributed by atoms with E-state index < -0.39 is 17.7 Å². The van der Waals surface area contributed by atoms with Gasteiger partial charge in [-0.05, 0) is 30.3 Å². The number of nitrogens with zero attached hydrogens (tertiary/aromatic N) is 2. The molecule has 1 amide bonds. The standard InChI is InChI=1S/C27H24N2O6/c1-28-15-18(17-9-4-5-10-19(17)28)24-23(25(30)22-20(33-2)11-6-12-21(22)34-3)26(31)27(32)29(24)14-16-8-7-13-35-16/h4-13,15,24,30H,14H2,1-3H3/b25-23+. The highest BCUT2D eigenvalue weighted by Crippen LogP contribution is 2.45. The molecule has 0 spiro atoms. The van der Waals surface area contributed by atoms with Gasteiger partial charge in [0, 0.05) is 29.7 Å². The third kappa shape index (κ3) is 3.54. The van der Waals surface area contributed by atoms with Crippen LogP contribution in [0, 0.1) is 0 Å². The number of ketones is 1. The Morgan fingerprint density at radius 3 is 2.37 bits per heavy atom. The summed E-state index contributed by atoms with van der Waals surface area (Å²) in [6.07, 6.45) is 3.39. The fourth-order valence-corrected chi connectivity index (χ4v) is 4.75. The zero-order valence-electron chi connectivity index (χ0n) is 19.5. The zero-order chi connectivity index (χ0) is 24.7. The van der Waals surface area contributed by atoms with Gasteiger partial charge in [0.2, 0.25) is 0 Å². The van der Waals surface area contributed by atoms with Crippen LogP contribution in [0.2, 0.25) is 0 Å². The minimum Gasteiger partial charge on any atom is -0.506 e. The number of aromatic nitrogens is 1. The number of aryl methyl sites for hydroxylation is 1. The molecule has 1 unspecified atom stereocenters. The lowest BCUT2D eigenvalue weighted by Gasteiger charge is -2.24. The van der Waals surface area contributed by atoms with Gasteiger partial charge in [-0.2, -0.15) is 0 Å². The van der Waals surface area contributed by atoms with E-state index in [-0.39, 0.29) is 23.4 Å². The number of carbonyl (C=O) groups excluding carboxylic acids is 2. The molecule has 1 aliphatic heterocycles. The Morgan fingerprint density at radius 2 is 1.71 bits per heavy atom. The number of para-hydroxylation sites is 1. The van der Waals surface area contributed by atoms with Gasteiger partial charge < -0.3 is 28.5 Å². The number of benzene rings is 2. The number of rotatable bonds is 6. The summed E-state index contributed by atoms with van der Waals surface area (Å²) in [6, 6.07) is 15.3. The van der Waals surface area contributed by atoms with Crippen LogP contribution in [0.1, 0.15) is 22.9 Å². The number of Topliss-reactive ketones (excluding diaryl/α,β-unsaturated/α-hetero) is 1. The van der Waals surface area contributed by atoms with Crippen LogP contribution in [0.4, 0.5) is 0 Å². The van der Waals surface area contributed by atoms with Crippen LogP contribution >= 0.6 is 0 Å². The van der Waals surface area contributed by atoms with E-state index in [9.17, 15) is 14.7 Å². The largest absolute Gasteiger partial charge is 0.506 e. The Bertz CT molecular complexity index is 1440. The van der Waals surface area contributed by atoms with E-state index in [1.54, 1.807) is 30.3 Å². The number of hydrogen-bond acceptors (Lipinski definition) is 6. The van der Waals surface area contributed by atoms with Crippen LogP contribution in [0.25, 0.3) is 16.7 Å². The summed E-state index contributed by atoms with van der Waals surface area (Å²) in [5.74, 6) is -0.731. The van der Waals surface area contributed by atoms with Crippen molar-refractivity contribution >= 4 is 28.4 Å². The number of hydrogen-bond donors (Lipinski definition) is 1.